The molecule has 0 atom stereocenters. The maximum atomic E-state index is 5.66. The number of aromatic nitrogens is 3. The van der Waals surface area contributed by atoms with Gasteiger partial charge in [0, 0.05) is 31.4 Å². The summed E-state index contributed by atoms with van der Waals surface area (Å²) in [5.74, 6) is 1.19. The molecule has 0 aromatic carbocycles. The molecule has 5 nitrogen and oxygen atoms in total. The van der Waals surface area contributed by atoms with E-state index < -0.39 is 0 Å². The number of nitrogens with two attached hydrogens (primary N) is 1. The maximum Gasteiger partial charge on any atom is 0.225 e. The molecule has 2 aromatic rings. The molecule has 0 aliphatic heterocycles. The van der Waals surface area contributed by atoms with Gasteiger partial charge in [-0.15, -0.1) is 0 Å². The summed E-state index contributed by atoms with van der Waals surface area (Å²) in [6.45, 7) is 2.31. The van der Waals surface area contributed by atoms with Crippen molar-refractivity contribution >= 4 is 0 Å². The SMILES string of the molecule is Cc1cc(Oc2ncccc2CN)n(C)n1. The van der Waals surface area contributed by atoms with E-state index in [1.807, 2.05) is 32.2 Å². The molecular formula is C11H14N4O. The van der Waals surface area contributed by atoms with Crippen molar-refractivity contribution in [2.45, 2.75) is 13.5 Å². The topological polar surface area (TPSA) is 66.0 Å². The molecule has 16 heavy (non-hydrogen) atoms. The van der Waals surface area contributed by atoms with Gasteiger partial charge in [-0.25, -0.2) is 9.67 Å². The predicted octanol–water partition coefficient (Wildman–Crippen LogP) is 1.37. The summed E-state index contributed by atoms with van der Waals surface area (Å²) >= 11 is 0. The highest BCUT2D eigenvalue weighted by Crippen LogP contribution is 2.22. The summed E-state index contributed by atoms with van der Waals surface area (Å²) in [7, 11) is 1.83. The Morgan fingerprint density at radius 2 is 2.31 bits per heavy atom. The number of rotatable bonds is 3. The van der Waals surface area contributed by atoms with Crippen molar-refractivity contribution in [1.82, 2.24) is 14.8 Å². The number of nitrogens with zero attached hydrogens (tertiary/aromatic N) is 3. The molecule has 0 saturated heterocycles. The molecule has 0 bridgehead atoms. The van der Waals surface area contributed by atoms with Crippen molar-refractivity contribution in [3.05, 3.63) is 35.7 Å². The third kappa shape index (κ3) is 2.04. The molecule has 0 aliphatic rings. The molecule has 0 unspecified atom stereocenters. The van der Waals surface area contributed by atoms with Gasteiger partial charge in [-0.2, -0.15) is 5.10 Å². The van der Waals surface area contributed by atoms with Crippen LogP contribution in [-0.2, 0) is 13.6 Å². The van der Waals surface area contributed by atoms with E-state index in [9.17, 15) is 0 Å². The lowest BCUT2D eigenvalue weighted by Gasteiger charge is -2.07. The molecule has 84 valence electrons. The zero-order valence-electron chi connectivity index (χ0n) is 9.34. The first kappa shape index (κ1) is 10.6. The normalized spacial score (nSPS) is 10.4. The molecule has 0 fully saturated rings. The molecule has 0 radical (unpaired) electrons. The monoisotopic (exact) mass is 218 g/mol. The summed E-state index contributed by atoms with van der Waals surface area (Å²) in [6, 6.07) is 5.59. The highest BCUT2D eigenvalue weighted by Gasteiger charge is 2.08. The maximum absolute atomic E-state index is 5.66. The summed E-state index contributed by atoms with van der Waals surface area (Å²) in [6.07, 6.45) is 1.68. The van der Waals surface area contributed by atoms with Crippen molar-refractivity contribution in [2.24, 2.45) is 12.8 Å². The Morgan fingerprint density at radius 1 is 1.50 bits per heavy atom. The lowest BCUT2D eigenvalue weighted by Crippen LogP contribution is -2.02. The molecule has 0 spiro atoms. The first-order chi connectivity index (χ1) is 7.70. The van der Waals surface area contributed by atoms with Crippen molar-refractivity contribution in [3.8, 4) is 11.8 Å². The van der Waals surface area contributed by atoms with Crippen LogP contribution >= 0.6 is 0 Å². The van der Waals surface area contributed by atoms with Gasteiger partial charge < -0.3 is 10.5 Å². The fourth-order valence-electron chi connectivity index (χ4n) is 1.45. The van der Waals surface area contributed by atoms with Gasteiger partial charge >= 0.3 is 0 Å². The minimum absolute atomic E-state index is 0.403. The highest BCUT2D eigenvalue weighted by atomic mass is 16.5. The third-order valence-corrected chi connectivity index (χ3v) is 2.23. The Labute approximate surface area is 93.9 Å². The summed E-state index contributed by atoms with van der Waals surface area (Å²) in [4.78, 5) is 4.15. The number of ether oxygens (including phenoxy) is 1. The Hall–Kier alpha value is -1.88. The van der Waals surface area contributed by atoms with Crippen molar-refractivity contribution < 1.29 is 4.74 Å². The first-order valence-corrected chi connectivity index (χ1v) is 5.03. The van der Waals surface area contributed by atoms with Crippen LogP contribution in [0.15, 0.2) is 24.4 Å². The lowest BCUT2D eigenvalue weighted by molar-refractivity contribution is 0.410. The fraction of sp³-hybridized carbons (Fsp3) is 0.273. The van der Waals surface area contributed by atoms with E-state index in [0.29, 0.717) is 18.3 Å². The molecule has 2 aromatic heterocycles. The van der Waals surface area contributed by atoms with Crippen molar-refractivity contribution in [3.63, 3.8) is 0 Å². The molecule has 2 N–H and O–H groups in total. The molecule has 5 heteroatoms. The van der Waals surface area contributed by atoms with Crippen molar-refractivity contribution in [1.29, 1.82) is 0 Å². The van der Waals surface area contributed by atoms with Crippen LogP contribution in [0.1, 0.15) is 11.3 Å². The van der Waals surface area contributed by atoms with Crippen LogP contribution < -0.4 is 10.5 Å². The van der Waals surface area contributed by atoms with E-state index in [-0.39, 0.29) is 0 Å². The van der Waals surface area contributed by atoms with E-state index in [1.165, 1.54) is 0 Å². The second kappa shape index (κ2) is 4.32. The fourth-order valence-corrected chi connectivity index (χ4v) is 1.45. The van der Waals surface area contributed by atoms with Gasteiger partial charge in [-0.05, 0) is 13.0 Å². The summed E-state index contributed by atoms with van der Waals surface area (Å²) < 4.78 is 7.33. The molecule has 2 rings (SSSR count). The van der Waals surface area contributed by atoms with Crippen LogP contribution in [0.4, 0.5) is 0 Å². The number of aryl methyl sites for hydroxylation is 2. The highest BCUT2D eigenvalue weighted by molar-refractivity contribution is 5.29. The lowest BCUT2D eigenvalue weighted by atomic mass is 10.3. The van der Waals surface area contributed by atoms with Crippen LogP contribution in [0, 0.1) is 6.92 Å². The average molecular weight is 218 g/mol. The molecule has 0 saturated carbocycles. The first-order valence-electron chi connectivity index (χ1n) is 5.03. The van der Waals surface area contributed by atoms with E-state index in [4.69, 9.17) is 10.5 Å². The minimum atomic E-state index is 0.403. The van der Waals surface area contributed by atoms with Gasteiger partial charge in [-0.3, -0.25) is 0 Å². The molecular weight excluding hydrogens is 204 g/mol. The third-order valence-electron chi connectivity index (χ3n) is 2.23. The van der Waals surface area contributed by atoms with Gasteiger partial charge in [0.2, 0.25) is 11.8 Å². The van der Waals surface area contributed by atoms with E-state index in [1.54, 1.807) is 10.9 Å². The Bertz CT molecular complexity index is 492. The largest absolute Gasteiger partial charge is 0.421 e. The van der Waals surface area contributed by atoms with E-state index in [0.717, 1.165) is 11.3 Å². The van der Waals surface area contributed by atoms with Gasteiger partial charge in [0.15, 0.2) is 0 Å². The van der Waals surface area contributed by atoms with Crippen LogP contribution in [0.25, 0.3) is 0 Å². The van der Waals surface area contributed by atoms with Gasteiger partial charge in [-0.1, -0.05) is 6.07 Å². The van der Waals surface area contributed by atoms with Crippen LogP contribution in [0.2, 0.25) is 0 Å². The van der Waals surface area contributed by atoms with Crippen LogP contribution in [-0.4, -0.2) is 14.8 Å². The smallest absolute Gasteiger partial charge is 0.225 e. The molecule has 0 amide bonds. The molecule has 2 heterocycles. The summed E-state index contributed by atoms with van der Waals surface area (Å²) in [5.41, 5.74) is 7.39. The van der Waals surface area contributed by atoms with Gasteiger partial charge in [0.25, 0.3) is 0 Å². The van der Waals surface area contributed by atoms with Crippen LogP contribution in [0.3, 0.4) is 0 Å². The number of hydrogen-bond acceptors (Lipinski definition) is 4. The Morgan fingerprint density at radius 3 is 2.94 bits per heavy atom. The number of pyridine rings is 1. The predicted molar refractivity (Wildman–Crippen MR) is 60.1 cm³/mol. The zero-order chi connectivity index (χ0) is 11.5. The standard InChI is InChI=1S/C11H14N4O/c1-8-6-10(15(2)14-8)16-11-9(7-12)4-3-5-13-11/h3-6H,7,12H2,1-2H3. The summed E-state index contributed by atoms with van der Waals surface area (Å²) in [5, 5.41) is 4.20. The minimum Gasteiger partial charge on any atom is -0.421 e. The van der Waals surface area contributed by atoms with Crippen LogP contribution in [0.5, 0.6) is 11.8 Å². The van der Waals surface area contributed by atoms with Gasteiger partial charge in [0.05, 0.1) is 5.69 Å². The van der Waals surface area contributed by atoms with E-state index in [2.05, 4.69) is 10.1 Å². The average Bonchev–Trinajstić information content (AvgIpc) is 2.58. The molecule has 0 aliphatic carbocycles. The van der Waals surface area contributed by atoms with Crippen molar-refractivity contribution in [2.75, 3.05) is 0 Å². The quantitative estimate of drug-likeness (QED) is 0.845. The zero-order valence-corrected chi connectivity index (χ0v) is 9.34. The Kier molecular flexibility index (Phi) is 2.87. The second-order valence-electron chi connectivity index (χ2n) is 3.52. The second-order valence-corrected chi connectivity index (χ2v) is 3.52. The number of hydrogen-bond donors (Lipinski definition) is 1. The van der Waals surface area contributed by atoms with E-state index >= 15 is 0 Å². The van der Waals surface area contributed by atoms with Gasteiger partial charge in [0.1, 0.15) is 0 Å². The Balaban J connectivity index is 2.30.